The minimum atomic E-state index is 0.431. The van der Waals surface area contributed by atoms with Crippen molar-refractivity contribution in [3.63, 3.8) is 0 Å². The van der Waals surface area contributed by atoms with Gasteiger partial charge in [-0.15, -0.1) is 0 Å². The van der Waals surface area contributed by atoms with E-state index >= 15 is 0 Å². The molecule has 1 unspecified atom stereocenters. The molecule has 1 aromatic carbocycles. The molecule has 0 radical (unpaired) electrons. The summed E-state index contributed by atoms with van der Waals surface area (Å²) in [7, 11) is 0. The van der Waals surface area contributed by atoms with Gasteiger partial charge in [-0.05, 0) is 37.5 Å². The molecule has 108 valence electrons. The van der Waals surface area contributed by atoms with Crippen LogP contribution in [0.4, 0.5) is 0 Å². The van der Waals surface area contributed by atoms with Crippen molar-refractivity contribution >= 4 is 0 Å². The minimum Gasteiger partial charge on any atom is -0.350 e. The molecule has 0 spiro atoms. The number of hydrogen-bond acceptors (Lipinski definition) is 1. The third kappa shape index (κ3) is 3.73. The van der Waals surface area contributed by atoms with Crippen LogP contribution in [0, 0.1) is 6.92 Å². The van der Waals surface area contributed by atoms with Crippen molar-refractivity contribution in [3.05, 3.63) is 59.4 Å². The molecule has 0 aliphatic carbocycles. The second-order valence-electron chi connectivity index (χ2n) is 5.45. The maximum Gasteiger partial charge on any atom is 0.0364 e. The summed E-state index contributed by atoms with van der Waals surface area (Å²) in [6.07, 6.45) is 4.46. The molecule has 0 fully saturated rings. The lowest BCUT2D eigenvalue weighted by Crippen LogP contribution is -2.21. The van der Waals surface area contributed by atoms with Crippen LogP contribution in [0.25, 0.3) is 0 Å². The van der Waals surface area contributed by atoms with Crippen molar-refractivity contribution < 1.29 is 0 Å². The van der Waals surface area contributed by atoms with Crippen molar-refractivity contribution in [2.75, 3.05) is 0 Å². The first-order chi connectivity index (χ1) is 9.74. The van der Waals surface area contributed by atoms with Crippen LogP contribution in [0.15, 0.2) is 42.6 Å². The molecule has 2 nitrogen and oxygen atoms in total. The van der Waals surface area contributed by atoms with Crippen molar-refractivity contribution in [2.24, 2.45) is 0 Å². The summed E-state index contributed by atoms with van der Waals surface area (Å²) in [6, 6.07) is 13.6. The molecule has 20 heavy (non-hydrogen) atoms. The molecule has 2 heteroatoms. The van der Waals surface area contributed by atoms with Crippen molar-refractivity contribution in [1.29, 1.82) is 0 Å². The molecule has 0 amide bonds. The lowest BCUT2D eigenvalue weighted by atomic mass is 10.0. The standard InChI is InChI=1S/C18H26N2/c1-4-12-20-13-6-7-17(20)14-19-18(5-2)16-10-8-15(3)9-11-16/h6-11,13,18-19H,4-5,12,14H2,1-3H3. The maximum atomic E-state index is 3.69. The molecule has 0 aliphatic heterocycles. The van der Waals surface area contributed by atoms with Gasteiger partial charge in [-0.2, -0.15) is 0 Å². The average molecular weight is 270 g/mol. The van der Waals surface area contributed by atoms with E-state index in [1.54, 1.807) is 0 Å². The van der Waals surface area contributed by atoms with Crippen molar-refractivity contribution in [1.82, 2.24) is 9.88 Å². The Balaban J connectivity index is 2.00. The van der Waals surface area contributed by atoms with Crippen LogP contribution < -0.4 is 5.32 Å². The highest BCUT2D eigenvalue weighted by molar-refractivity contribution is 5.24. The third-order valence-electron chi connectivity index (χ3n) is 3.81. The summed E-state index contributed by atoms with van der Waals surface area (Å²) in [6.45, 7) is 8.63. The zero-order valence-corrected chi connectivity index (χ0v) is 12.9. The zero-order valence-electron chi connectivity index (χ0n) is 12.9. The lowest BCUT2D eigenvalue weighted by Gasteiger charge is -2.18. The van der Waals surface area contributed by atoms with E-state index in [1.807, 2.05) is 0 Å². The molecule has 1 N–H and O–H groups in total. The summed E-state index contributed by atoms with van der Waals surface area (Å²) < 4.78 is 2.34. The van der Waals surface area contributed by atoms with Gasteiger partial charge in [-0.3, -0.25) is 0 Å². The number of nitrogens with one attached hydrogen (secondary N) is 1. The number of hydrogen-bond donors (Lipinski definition) is 1. The number of aryl methyl sites for hydroxylation is 2. The van der Waals surface area contributed by atoms with E-state index in [0.29, 0.717) is 6.04 Å². The van der Waals surface area contributed by atoms with Gasteiger partial charge in [0.05, 0.1) is 0 Å². The van der Waals surface area contributed by atoms with Crippen LogP contribution >= 0.6 is 0 Å². The Morgan fingerprint density at radius 3 is 2.50 bits per heavy atom. The van der Waals surface area contributed by atoms with Crippen LogP contribution in [0.1, 0.15) is 49.6 Å². The van der Waals surface area contributed by atoms with Gasteiger partial charge in [0.1, 0.15) is 0 Å². The highest BCUT2D eigenvalue weighted by Crippen LogP contribution is 2.18. The average Bonchev–Trinajstić information content (AvgIpc) is 2.89. The predicted molar refractivity (Wildman–Crippen MR) is 85.8 cm³/mol. The first kappa shape index (κ1) is 14.9. The molecular weight excluding hydrogens is 244 g/mol. The van der Waals surface area contributed by atoms with Gasteiger partial charge in [0, 0.05) is 31.0 Å². The Hall–Kier alpha value is -1.54. The molecule has 0 aliphatic rings. The number of rotatable bonds is 7. The van der Waals surface area contributed by atoms with E-state index < -0.39 is 0 Å². The first-order valence-electron chi connectivity index (χ1n) is 7.68. The van der Waals surface area contributed by atoms with E-state index in [1.165, 1.54) is 23.2 Å². The van der Waals surface area contributed by atoms with Crippen LogP contribution in [-0.4, -0.2) is 4.57 Å². The van der Waals surface area contributed by atoms with E-state index in [0.717, 1.165) is 19.5 Å². The van der Waals surface area contributed by atoms with Crippen LogP contribution in [0.5, 0.6) is 0 Å². The van der Waals surface area contributed by atoms with Gasteiger partial charge < -0.3 is 9.88 Å². The Labute approximate surface area is 122 Å². The monoisotopic (exact) mass is 270 g/mol. The van der Waals surface area contributed by atoms with Crippen LogP contribution in [0.2, 0.25) is 0 Å². The summed E-state index contributed by atoms with van der Waals surface area (Å²) >= 11 is 0. The quantitative estimate of drug-likeness (QED) is 0.786. The SMILES string of the molecule is CCCn1cccc1CNC(CC)c1ccc(C)cc1. The number of benzene rings is 1. The number of aromatic nitrogens is 1. The molecule has 1 atom stereocenters. The topological polar surface area (TPSA) is 17.0 Å². The Morgan fingerprint density at radius 2 is 1.85 bits per heavy atom. The van der Waals surface area contributed by atoms with Gasteiger partial charge in [0.2, 0.25) is 0 Å². The molecule has 1 aromatic heterocycles. The Kier molecular flexibility index (Phi) is 5.42. The summed E-state index contributed by atoms with van der Waals surface area (Å²) in [5.41, 5.74) is 4.07. The highest BCUT2D eigenvalue weighted by Gasteiger charge is 2.09. The van der Waals surface area contributed by atoms with Gasteiger partial charge in [0.15, 0.2) is 0 Å². The largest absolute Gasteiger partial charge is 0.350 e. The first-order valence-corrected chi connectivity index (χ1v) is 7.68. The number of nitrogens with zero attached hydrogens (tertiary/aromatic N) is 1. The molecule has 0 saturated heterocycles. The fraction of sp³-hybridized carbons (Fsp3) is 0.444. The van der Waals surface area contributed by atoms with Gasteiger partial charge in [-0.25, -0.2) is 0 Å². The second kappa shape index (κ2) is 7.30. The van der Waals surface area contributed by atoms with Crippen molar-refractivity contribution in [3.8, 4) is 0 Å². The molecule has 0 bridgehead atoms. The smallest absolute Gasteiger partial charge is 0.0364 e. The van der Waals surface area contributed by atoms with Gasteiger partial charge >= 0.3 is 0 Å². The van der Waals surface area contributed by atoms with Gasteiger partial charge in [0.25, 0.3) is 0 Å². The Morgan fingerprint density at radius 1 is 1.10 bits per heavy atom. The second-order valence-corrected chi connectivity index (χ2v) is 5.45. The van der Waals surface area contributed by atoms with Gasteiger partial charge in [-0.1, -0.05) is 43.7 Å². The minimum absolute atomic E-state index is 0.431. The summed E-state index contributed by atoms with van der Waals surface area (Å²) in [4.78, 5) is 0. The van der Waals surface area contributed by atoms with E-state index in [2.05, 4.69) is 73.3 Å². The van der Waals surface area contributed by atoms with Crippen LogP contribution in [0.3, 0.4) is 0 Å². The molecule has 2 aromatic rings. The predicted octanol–water partition coefficient (Wildman–Crippen LogP) is 4.45. The molecule has 2 rings (SSSR count). The van der Waals surface area contributed by atoms with Crippen LogP contribution in [-0.2, 0) is 13.1 Å². The van der Waals surface area contributed by atoms with E-state index in [9.17, 15) is 0 Å². The molecule has 0 saturated carbocycles. The molecule has 1 heterocycles. The summed E-state index contributed by atoms with van der Waals surface area (Å²) in [5.74, 6) is 0. The zero-order chi connectivity index (χ0) is 14.4. The Bertz CT molecular complexity index is 510. The van der Waals surface area contributed by atoms with E-state index in [-0.39, 0.29) is 0 Å². The molecular formula is C18H26N2. The third-order valence-corrected chi connectivity index (χ3v) is 3.81. The van der Waals surface area contributed by atoms with Crippen molar-refractivity contribution in [2.45, 2.75) is 52.7 Å². The fourth-order valence-electron chi connectivity index (χ4n) is 2.59. The highest BCUT2D eigenvalue weighted by atomic mass is 15.0. The normalized spacial score (nSPS) is 12.6. The maximum absolute atomic E-state index is 3.69. The fourth-order valence-corrected chi connectivity index (χ4v) is 2.59. The van der Waals surface area contributed by atoms with E-state index in [4.69, 9.17) is 0 Å². The summed E-state index contributed by atoms with van der Waals surface area (Å²) in [5, 5.41) is 3.69. The lowest BCUT2D eigenvalue weighted by molar-refractivity contribution is 0.500.